The molecule has 1 aromatic carbocycles. The Bertz CT molecular complexity index is 1110. The van der Waals surface area contributed by atoms with E-state index in [-0.39, 0.29) is 10.3 Å². The Hall–Kier alpha value is -2.54. The number of benzene rings is 1. The van der Waals surface area contributed by atoms with Gasteiger partial charge in [-0.1, -0.05) is 29.5 Å². The third kappa shape index (κ3) is 4.78. The molecule has 1 aliphatic rings. The van der Waals surface area contributed by atoms with Crippen LogP contribution in [0.3, 0.4) is 0 Å². The van der Waals surface area contributed by atoms with Crippen LogP contribution in [0.4, 0.5) is 0 Å². The summed E-state index contributed by atoms with van der Waals surface area (Å²) in [6, 6.07) is 11.7. The molecule has 0 amide bonds. The summed E-state index contributed by atoms with van der Waals surface area (Å²) in [7, 11) is -0.934. The molecule has 158 valence electrons. The highest BCUT2D eigenvalue weighted by Crippen LogP contribution is 2.30. The Morgan fingerprint density at radius 2 is 1.80 bits per heavy atom. The molecular weight excluding hydrogens is 396 g/mol. The van der Waals surface area contributed by atoms with Crippen molar-refractivity contribution in [1.82, 2.24) is 19.6 Å². The molecule has 1 atom stereocenters. The fourth-order valence-corrected chi connectivity index (χ4v) is 3.70. The normalized spacial score (nSPS) is 15.3. The molecule has 1 fully saturated rings. The van der Waals surface area contributed by atoms with Gasteiger partial charge in [-0.3, -0.25) is 13.7 Å². The highest BCUT2D eigenvalue weighted by atomic mass is 32.2. The summed E-state index contributed by atoms with van der Waals surface area (Å²) in [5.41, 5.74) is 3.72. The highest BCUT2D eigenvalue weighted by Gasteiger charge is 2.23. The molecule has 0 radical (unpaired) electrons. The minimum Gasteiger partial charge on any atom is -0.315 e. The van der Waals surface area contributed by atoms with Gasteiger partial charge in [-0.05, 0) is 56.2 Å². The van der Waals surface area contributed by atoms with Crippen molar-refractivity contribution < 1.29 is 4.21 Å². The maximum Gasteiger partial charge on any atom is 0.251 e. The van der Waals surface area contributed by atoms with Gasteiger partial charge in [0, 0.05) is 52.7 Å². The zero-order valence-corrected chi connectivity index (χ0v) is 18.6. The summed E-state index contributed by atoms with van der Waals surface area (Å²) in [5.74, 6) is 0.763. The smallest absolute Gasteiger partial charge is 0.251 e. The van der Waals surface area contributed by atoms with E-state index >= 15 is 0 Å². The lowest BCUT2D eigenvalue weighted by molar-refractivity contribution is 0.526. The van der Waals surface area contributed by atoms with Crippen LogP contribution in [0.1, 0.15) is 33.1 Å². The lowest BCUT2D eigenvalue weighted by atomic mass is 10.0. The van der Waals surface area contributed by atoms with Crippen LogP contribution >= 0.6 is 0 Å². The molecule has 1 aliphatic carbocycles. The van der Waals surface area contributed by atoms with Crippen LogP contribution in [0.2, 0.25) is 0 Å². The summed E-state index contributed by atoms with van der Waals surface area (Å²) in [6.07, 6.45) is 8.80. The monoisotopic (exact) mass is 424 g/mol. The lowest BCUT2D eigenvalue weighted by Crippen LogP contribution is -2.30. The standard InChI is InChI=1S/C23H28N4O2S/c1-23(2,30(3)29)11-13-26-12-10-20(14-22(26)28)18-6-8-19(9-7-18)21-16-27(25-24-21)15-17-4-5-17/h6-10,12,14,16-17H,4-5,11,13,15H2,1-3H3. The fourth-order valence-electron chi connectivity index (χ4n) is 3.32. The number of nitrogens with zero attached hydrogens (tertiary/aromatic N) is 4. The quantitative estimate of drug-likeness (QED) is 0.552. The molecule has 30 heavy (non-hydrogen) atoms. The molecule has 0 N–H and O–H groups in total. The van der Waals surface area contributed by atoms with E-state index in [1.165, 1.54) is 12.8 Å². The highest BCUT2D eigenvalue weighted by molar-refractivity contribution is 7.85. The van der Waals surface area contributed by atoms with Crippen molar-refractivity contribution in [1.29, 1.82) is 0 Å². The summed E-state index contributed by atoms with van der Waals surface area (Å²) in [5, 5.41) is 8.51. The Kier molecular flexibility index (Phi) is 5.73. The van der Waals surface area contributed by atoms with Crippen molar-refractivity contribution in [3.8, 4) is 22.4 Å². The van der Waals surface area contributed by atoms with E-state index in [2.05, 4.69) is 10.3 Å². The Morgan fingerprint density at radius 3 is 2.43 bits per heavy atom. The molecule has 0 saturated heterocycles. The van der Waals surface area contributed by atoms with Gasteiger partial charge >= 0.3 is 0 Å². The first-order valence-corrected chi connectivity index (χ1v) is 11.9. The number of rotatable bonds is 8. The van der Waals surface area contributed by atoms with Crippen LogP contribution in [0.5, 0.6) is 0 Å². The van der Waals surface area contributed by atoms with Crippen LogP contribution in [0.25, 0.3) is 22.4 Å². The van der Waals surface area contributed by atoms with Gasteiger partial charge in [0.25, 0.3) is 5.56 Å². The van der Waals surface area contributed by atoms with Crippen molar-refractivity contribution in [3.63, 3.8) is 0 Å². The van der Waals surface area contributed by atoms with Crippen molar-refractivity contribution in [3.05, 3.63) is 59.1 Å². The average Bonchev–Trinajstić information content (AvgIpc) is 3.41. The van der Waals surface area contributed by atoms with E-state index in [9.17, 15) is 9.00 Å². The van der Waals surface area contributed by atoms with Crippen LogP contribution < -0.4 is 5.56 Å². The molecule has 0 bridgehead atoms. The summed E-state index contributed by atoms with van der Waals surface area (Å²) in [4.78, 5) is 12.6. The maximum atomic E-state index is 12.6. The lowest BCUT2D eigenvalue weighted by Gasteiger charge is -2.22. The van der Waals surface area contributed by atoms with Crippen molar-refractivity contribution >= 4 is 10.8 Å². The van der Waals surface area contributed by atoms with E-state index in [0.717, 1.165) is 34.8 Å². The first kappa shape index (κ1) is 20.7. The van der Waals surface area contributed by atoms with Crippen LogP contribution in [-0.2, 0) is 23.9 Å². The minimum atomic E-state index is -0.934. The van der Waals surface area contributed by atoms with Gasteiger partial charge in [0.15, 0.2) is 0 Å². The van der Waals surface area contributed by atoms with E-state index in [1.807, 2.05) is 61.3 Å². The molecule has 0 spiro atoms. The van der Waals surface area contributed by atoms with Gasteiger partial charge in [-0.2, -0.15) is 0 Å². The molecule has 0 aliphatic heterocycles. The van der Waals surface area contributed by atoms with Crippen molar-refractivity contribution in [2.45, 2.75) is 50.9 Å². The van der Waals surface area contributed by atoms with Gasteiger partial charge in [-0.25, -0.2) is 0 Å². The molecular formula is C23H28N4O2S. The number of aryl methyl sites for hydroxylation is 1. The first-order chi connectivity index (χ1) is 14.3. The summed E-state index contributed by atoms with van der Waals surface area (Å²) in [6.45, 7) is 5.44. The van der Waals surface area contributed by atoms with Crippen LogP contribution in [-0.4, -0.2) is 34.8 Å². The van der Waals surface area contributed by atoms with Gasteiger partial charge in [0.1, 0.15) is 5.69 Å². The Balaban J connectivity index is 1.46. The van der Waals surface area contributed by atoms with Crippen LogP contribution in [0, 0.1) is 5.92 Å². The zero-order chi connectivity index (χ0) is 21.3. The molecule has 1 unspecified atom stereocenters. The molecule has 6 nitrogen and oxygen atoms in total. The van der Waals surface area contributed by atoms with E-state index in [1.54, 1.807) is 16.9 Å². The topological polar surface area (TPSA) is 69.8 Å². The average molecular weight is 425 g/mol. The fraction of sp³-hybridized carbons (Fsp3) is 0.435. The second kappa shape index (κ2) is 8.30. The molecule has 2 heterocycles. The van der Waals surface area contributed by atoms with Gasteiger partial charge < -0.3 is 4.57 Å². The second-order valence-electron chi connectivity index (χ2n) is 8.76. The third-order valence-electron chi connectivity index (χ3n) is 5.92. The molecule has 1 saturated carbocycles. The number of pyridine rings is 1. The van der Waals surface area contributed by atoms with Crippen molar-refractivity contribution in [2.75, 3.05) is 6.26 Å². The predicted molar refractivity (Wildman–Crippen MR) is 121 cm³/mol. The molecule has 7 heteroatoms. The predicted octanol–water partition coefficient (Wildman–Crippen LogP) is 3.73. The Morgan fingerprint density at radius 1 is 1.10 bits per heavy atom. The largest absolute Gasteiger partial charge is 0.315 e. The molecule has 3 aromatic rings. The second-order valence-corrected chi connectivity index (χ2v) is 10.8. The van der Waals surface area contributed by atoms with Gasteiger partial charge in [0.2, 0.25) is 0 Å². The summed E-state index contributed by atoms with van der Waals surface area (Å²) < 4.78 is 15.1. The Labute approximate surface area is 179 Å². The van der Waals surface area contributed by atoms with E-state index in [0.29, 0.717) is 13.0 Å². The third-order valence-corrected chi connectivity index (χ3v) is 7.68. The maximum absolute atomic E-state index is 12.6. The zero-order valence-electron chi connectivity index (χ0n) is 17.7. The first-order valence-electron chi connectivity index (χ1n) is 10.4. The number of aromatic nitrogens is 4. The minimum absolute atomic E-state index is 0.0442. The van der Waals surface area contributed by atoms with Crippen molar-refractivity contribution in [2.24, 2.45) is 5.92 Å². The number of hydrogen-bond donors (Lipinski definition) is 0. The number of hydrogen-bond acceptors (Lipinski definition) is 4. The molecule has 2 aromatic heterocycles. The van der Waals surface area contributed by atoms with Gasteiger partial charge in [0.05, 0.1) is 6.20 Å². The van der Waals surface area contributed by atoms with Crippen LogP contribution in [0.15, 0.2) is 53.6 Å². The SMILES string of the molecule is CS(=O)C(C)(C)CCn1ccc(-c2ccc(-c3cn(CC4CC4)nn3)cc2)cc1=O. The van der Waals surface area contributed by atoms with E-state index < -0.39 is 10.8 Å². The molecule has 4 rings (SSSR count). The van der Waals surface area contributed by atoms with Gasteiger partial charge in [-0.15, -0.1) is 5.10 Å². The van der Waals surface area contributed by atoms with E-state index in [4.69, 9.17) is 0 Å². The summed E-state index contributed by atoms with van der Waals surface area (Å²) >= 11 is 0.